The number of nitrogens with zero attached hydrogens (tertiary/aromatic N) is 3. The first-order chi connectivity index (χ1) is 21.5. The minimum absolute atomic E-state index is 0.265. The lowest BCUT2D eigenvalue weighted by Crippen LogP contribution is -2.25. The number of hydrogen-bond donors (Lipinski definition) is 1. The molecule has 3 aromatic heterocycles. The van der Waals surface area contributed by atoms with Gasteiger partial charge in [-0.2, -0.15) is 0 Å². The molecule has 45 heavy (non-hydrogen) atoms. The predicted molar refractivity (Wildman–Crippen MR) is 176 cm³/mol. The Morgan fingerprint density at radius 2 is 1.87 bits per heavy atom. The summed E-state index contributed by atoms with van der Waals surface area (Å²) in [5.41, 5.74) is 6.59. The number of carbonyl (C=O) groups is 1. The molecule has 0 spiro atoms. The molecule has 0 saturated heterocycles. The second-order valence-corrected chi connectivity index (χ2v) is 13.7. The summed E-state index contributed by atoms with van der Waals surface area (Å²) >= 11 is 6.61. The number of anilines is 1. The molecule has 0 fully saturated rings. The van der Waals surface area contributed by atoms with Crippen LogP contribution in [0.2, 0.25) is 5.02 Å². The fourth-order valence-corrected chi connectivity index (χ4v) is 6.93. The van der Waals surface area contributed by atoms with Crippen LogP contribution in [0.5, 0.6) is 0 Å². The number of sulfonamides is 1. The number of amides is 1. The summed E-state index contributed by atoms with van der Waals surface area (Å²) in [7, 11) is -0.726. The third kappa shape index (κ3) is 4.67. The van der Waals surface area contributed by atoms with E-state index in [9.17, 15) is 17.6 Å². The molecule has 1 aliphatic heterocycles. The third-order valence-electron chi connectivity index (χ3n) is 8.46. The van der Waals surface area contributed by atoms with Crippen molar-refractivity contribution < 1.29 is 22.0 Å². The molecule has 1 amide bonds. The van der Waals surface area contributed by atoms with Crippen LogP contribution in [0.15, 0.2) is 71.1 Å². The monoisotopic (exact) mass is 642 g/mol. The lowest BCUT2D eigenvalue weighted by molar-refractivity contribution is 0.0964. The second-order valence-electron chi connectivity index (χ2n) is 11.3. The SMILES string of the molecule is CNC(=O)c1c(-c2ccc(C)cc2Cl)oc2cc(N(C)S(C)(=O)=O)c(-c3ccc4c(n3)-c3cc5c(F)cccc5n3CC4)cc12. The van der Waals surface area contributed by atoms with Crippen LogP contribution in [0, 0.1) is 12.7 Å². The minimum atomic E-state index is -3.71. The van der Waals surface area contributed by atoms with Crippen LogP contribution in [0.3, 0.4) is 0 Å². The Morgan fingerprint density at radius 1 is 1.07 bits per heavy atom. The molecule has 0 aliphatic carbocycles. The summed E-state index contributed by atoms with van der Waals surface area (Å²) in [6.45, 7) is 2.59. The van der Waals surface area contributed by atoms with Crippen molar-refractivity contribution in [3.8, 4) is 34.0 Å². The summed E-state index contributed by atoms with van der Waals surface area (Å²) in [5.74, 6) is -0.425. The highest BCUT2D eigenvalue weighted by Gasteiger charge is 2.28. The smallest absolute Gasteiger partial charge is 0.255 e. The Labute approximate surface area is 264 Å². The maximum atomic E-state index is 14.8. The number of hydrogen-bond acceptors (Lipinski definition) is 5. The number of fused-ring (bicyclic) bond motifs is 6. The Kier molecular flexibility index (Phi) is 6.75. The van der Waals surface area contributed by atoms with Crippen LogP contribution >= 0.6 is 11.6 Å². The maximum Gasteiger partial charge on any atom is 0.255 e. The van der Waals surface area contributed by atoms with E-state index in [1.807, 2.05) is 37.3 Å². The van der Waals surface area contributed by atoms with Gasteiger partial charge in [-0.3, -0.25) is 9.10 Å². The minimum Gasteiger partial charge on any atom is -0.455 e. The molecule has 0 atom stereocenters. The van der Waals surface area contributed by atoms with E-state index in [4.69, 9.17) is 21.0 Å². The number of pyridine rings is 1. The number of carbonyl (C=O) groups excluding carboxylic acids is 1. The number of aromatic nitrogens is 2. The average Bonchev–Trinajstić information content (AvgIpc) is 3.58. The zero-order valence-electron chi connectivity index (χ0n) is 24.9. The van der Waals surface area contributed by atoms with Crippen molar-refractivity contribution in [2.75, 3.05) is 24.7 Å². The topological polar surface area (TPSA) is 97.4 Å². The van der Waals surface area contributed by atoms with Crippen molar-refractivity contribution in [2.24, 2.45) is 0 Å². The van der Waals surface area contributed by atoms with Crippen molar-refractivity contribution in [1.29, 1.82) is 0 Å². The number of rotatable bonds is 5. The first kappa shape index (κ1) is 29.1. The quantitative estimate of drug-likeness (QED) is 0.215. The highest BCUT2D eigenvalue weighted by Crippen LogP contribution is 2.43. The summed E-state index contributed by atoms with van der Waals surface area (Å²) in [6.07, 6.45) is 1.82. The van der Waals surface area contributed by atoms with Crippen LogP contribution in [0.4, 0.5) is 10.1 Å². The van der Waals surface area contributed by atoms with Crippen LogP contribution in [0.25, 0.3) is 55.8 Å². The number of halogens is 2. The molecular weight excluding hydrogens is 615 g/mol. The summed E-state index contributed by atoms with van der Waals surface area (Å²) in [5, 5.41) is 4.09. The largest absolute Gasteiger partial charge is 0.455 e. The summed E-state index contributed by atoms with van der Waals surface area (Å²) in [4.78, 5) is 18.4. The molecule has 0 radical (unpaired) electrons. The van der Waals surface area contributed by atoms with E-state index < -0.39 is 10.0 Å². The van der Waals surface area contributed by atoms with Crippen LogP contribution in [-0.2, 0) is 23.0 Å². The fourth-order valence-electron chi connectivity index (χ4n) is 6.10. The molecule has 0 saturated carbocycles. The van der Waals surface area contributed by atoms with Gasteiger partial charge in [-0.25, -0.2) is 17.8 Å². The zero-order chi connectivity index (χ0) is 31.8. The predicted octanol–water partition coefficient (Wildman–Crippen LogP) is 7.20. The highest BCUT2D eigenvalue weighted by atomic mass is 35.5. The molecule has 0 unspecified atom stereocenters. The standard InChI is InChI=1S/C34H28ClFN4O4S/c1-18-8-10-20(24(35)14-18)33-31(34(41)37-2)23-15-22(28(17-30(23)44-33)39(3)45(4,42)43)26-11-9-19-12-13-40-27-7-5-6-25(36)21(27)16-29(40)32(19)38-26/h5-11,14-17H,12-13H2,1-4H3,(H,37,41). The van der Waals surface area contributed by atoms with Crippen molar-refractivity contribution >= 4 is 55.1 Å². The molecule has 1 aliphatic rings. The van der Waals surface area contributed by atoms with E-state index in [2.05, 4.69) is 9.88 Å². The van der Waals surface area contributed by atoms with Gasteiger partial charge >= 0.3 is 0 Å². The second kappa shape index (κ2) is 10.5. The van der Waals surface area contributed by atoms with E-state index in [1.165, 1.54) is 20.2 Å². The molecule has 8 nitrogen and oxygen atoms in total. The van der Waals surface area contributed by atoms with Gasteiger partial charge in [0.25, 0.3) is 5.91 Å². The van der Waals surface area contributed by atoms with Gasteiger partial charge in [0, 0.05) is 48.6 Å². The van der Waals surface area contributed by atoms with Gasteiger partial charge in [0.15, 0.2) is 0 Å². The molecule has 7 rings (SSSR count). The van der Waals surface area contributed by atoms with Crippen molar-refractivity contribution in [1.82, 2.24) is 14.9 Å². The van der Waals surface area contributed by atoms with E-state index in [0.717, 1.165) is 32.9 Å². The van der Waals surface area contributed by atoms with Gasteiger partial charge in [0.1, 0.15) is 17.2 Å². The number of aryl methyl sites for hydroxylation is 3. The zero-order valence-corrected chi connectivity index (χ0v) is 26.5. The molecule has 228 valence electrons. The molecule has 0 bridgehead atoms. The van der Waals surface area contributed by atoms with E-state index in [0.29, 0.717) is 62.5 Å². The summed E-state index contributed by atoms with van der Waals surface area (Å²) < 4.78 is 50.0. The first-order valence-corrected chi connectivity index (χ1v) is 16.5. The molecule has 4 heterocycles. The van der Waals surface area contributed by atoms with E-state index in [-0.39, 0.29) is 23.0 Å². The third-order valence-corrected chi connectivity index (χ3v) is 9.97. The number of benzene rings is 3. The fraction of sp³-hybridized carbons (Fsp3) is 0.176. The van der Waals surface area contributed by atoms with Gasteiger partial charge in [0.05, 0.1) is 45.1 Å². The van der Waals surface area contributed by atoms with Crippen molar-refractivity contribution in [3.05, 3.63) is 94.3 Å². The van der Waals surface area contributed by atoms with E-state index >= 15 is 0 Å². The van der Waals surface area contributed by atoms with Crippen LogP contribution < -0.4 is 9.62 Å². The number of furan rings is 1. The van der Waals surface area contributed by atoms with Gasteiger partial charge in [-0.15, -0.1) is 0 Å². The molecule has 1 N–H and O–H groups in total. The molecule has 3 aromatic carbocycles. The molecular formula is C34H28ClFN4O4S. The first-order valence-electron chi connectivity index (χ1n) is 14.3. The van der Waals surface area contributed by atoms with Crippen LogP contribution in [-0.4, -0.2) is 44.2 Å². The van der Waals surface area contributed by atoms with Gasteiger partial charge in [0.2, 0.25) is 10.0 Å². The molecule has 6 aromatic rings. The Morgan fingerprint density at radius 3 is 2.60 bits per heavy atom. The highest BCUT2D eigenvalue weighted by molar-refractivity contribution is 7.92. The number of nitrogens with one attached hydrogen (secondary N) is 1. The van der Waals surface area contributed by atoms with Crippen LogP contribution in [0.1, 0.15) is 21.5 Å². The Bertz CT molecular complexity index is 2330. The summed E-state index contributed by atoms with van der Waals surface area (Å²) in [6, 6.07) is 19.4. The van der Waals surface area contributed by atoms with Crippen molar-refractivity contribution in [3.63, 3.8) is 0 Å². The Balaban J connectivity index is 1.50. The molecule has 11 heteroatoms. The normalized spacial score (nSPS) is 12.8. The lowest BCUT2D eigenvalue weighted by Gasteiger charge is -2.23. The Hall–Kier alpha value is -4.67. The van der Waals surface area contributed by atoms with Gasteiger partial charge < -0.3 is 14.3 Å². The van der Waals surface area contributed by atoms with E-state index in [1.54, 1.807) is 30.3 Å². The lowest BCUT2D eigenvalue weighted by atomic mass is 9.98. The van der Waals surface area contributed by atoms with Gasteiger partial charge in [-0.05, 0) is 66.9 Å². The van der Waals surface area contributed by atoms with Gasteiger partial charge in [-0.1, -0.05) is 29.8 Å². The average molecular weight is 643 g/mol. The van der Waals surface area contributed by atoms with Crippen molar-refractivity contribution in [2.45, 2.75) is 19.9 Å². The maximum absolute atomic E-state index is 14.8.